The lowest BCUT2D eigenvalue weighted by Gasteiger charge is -2.09. The van der Waals surface area contributed by atoms with E-state index in [1.54, 1.807) is 6.07 Å². The zero-order valence-corrected chi connectivity index (χ0v) is 11.1. The lowest BCUT2D eigenvalue weighted by molar-refractivity contribution is 0.976. The van der Waals surface area contributed by atoms with Crippen molar-refractivity contribution >= 4 is 34.9 Å². The summed E-state index contributed by atoms with van der Waals surface area (Å²) in [4.78, 5) is 8.44. The molecular weight excluding hydrogens is 254 g/mol. The Morgan fingerprint density at radius 2 is 2.00 bits per heavy atom. The largest absolute Gasteiger partial charge is 0.340 e. The number of halogens is 1. The van der Waals surface area contributed by atoms with Crippen molar-refractivity contribution in [2.24, 2.45) is 0 Å². The first-order valence-electron chi connectivity index (χ1n) is 5.10. The summed E-state index contributed by atoms with van der Waals surface area (Å²) in [6.07, 6.45) is 1.92. The van der Waals surface area contributed by atoms with Crippen LogP contribution in [0.5, 0.6) is 0 Å². The minimum Gasteiger partial charge on any atom is -0.340 e. The lowest BCUT2D eigenvalue weighted by Crippen LogP contribution is -1.98. The average Bonchev–Trinajstić information content (AvgIpc) is 2.31. The molecule has 1 heterocycles. The van der Waals surface area contributed by atoms with Gasteiger partial charge in [-0.1, -0.05) is 41.6 Å². The number of anilines is 2. The highest BCUT2D eigenvalue weighted by atomic mass is 35.5. The highest BCUT2D eigenvalue weighted by molar-refractivity contribution is 7.98. The Balaban J connectivity index is 2.30. The number of thioether (sulfide) groups is 1. The van der Waals surface area contributed by atoms with Crippen LogP contribution in [0, 0.1) is 6.92 Å². The van der Waals surface area contributed by atoms with Crippen LogP contribution in [0.25, 0.3) is 0 Å². The molecule has 0 spiro atoms. The molecule has 0 bridgehead atoms. The summed E-state index contributed by atoms with van der Waals surface area (Å²) in [6, 6.07) is 9.74. The minimum absolute atomic E-state index is 0.445. The Kier molecular flexibility index (Phi) is 3.86. The first-order valence-corrected chi connectivity index (χ1v) is 6.70. The van der Waals surface area contributed by atoms with E-state index >= 15 is 0 Å². The third-order valence-corrected chi connectivity index (χ3v) is 3.01. The first kappa shape index (κ1) is 12.2. The molecule has 88 valence electrons. The molecule has 1 aromatic carbocycles. The fourth-order valence-electron chi connectivity index (χ4n) is 1.40. The summed E-state index contributed by atoms with van der Waals surface area (Å²) in [7, 11) is 0. The molecule has 0 fully saturated rings. The molecule has 1 N–H and O–H groups in total. The smallest absolute Gasteiger partial charge is 0.190 e. The number of aromatic nitrogens is 2. The number of nitrogens with zero attached hydrogens (tertiary/aromatic N) is 2. The maximum Gasteiger partial charge on any atom is 0.190 e. The van der Waals surface area contributed by atoms with Gasteiger partial charge in [0.2, 0.25) is 0 Å². The van der Waals surface area contributed by atoms with E-state index in [0.717, 1.165) is 11.3 Å². The number of hydrogen-bond acceptors (Lipinski definition) is 4. The molecular formula is C12H12ClN3S. The van der Waals surface area contributed by atoms with Crippen LogP contribution in [0.1, 0.15) is 5.56 Å². The number of aryl methyl sites for hydroxylation is 1. The molecule has 0 atom stereocenters. The molecule has 0 unspecified atom stereocenters. The molecule has 3 nitrogen and oxygen atoms in total. The van der Waals surface area contributed by atoms with E-state index < -0.39 is 0 Å². The first-order chi connectivity index (χ1) is 8.19. The molecule has 0 amide bonds. The fraction of sp³-hybridized carbons (Fsp3) is 0.167. The second-order valence-corrected chi connectivity index (χ2v) is 4.66. The van der Waals surface area contributed by atoms with E-state index in [1.807, 2.05) is 37.4 Å². The van der Waals surface area contributed by atoms with Gasteiger partial charge in [-0.3, -0.25) is 0 Å². The molecule has 0 aliphatic carbocycles. The lowest BCUT2D eigenvalue weighted by atomic mass is 10.2. The van der Waals surface area contributed by atoms with Crippen molar-refractivity contribution in [1.82, 2.24) is 9.97 Å². The number of hydrogen-bond donors (Lipinski definition) is 1. The SMILES string of the molecule is CSc1nc(Cl)cc(Nc2ccccc2C)n1. The quantitative estimate of drug-likeness (QED) is 0.519. The van der Waals surface area contributed by atoms with Gasteiger partial charge in [-0.15, -0.1) is 0 Å². The zero-order valence-electron chi connectivity index (χ0n) is 9.57. The number of nitrogens with one attached hydrogen (secondary N) is 1. The Hall–Kier alpha value is -1.26. The van der Waals surface area contributed by atoms with Gasteiger partial charge in [-0.25, -0.2) is 9.97 Å². The monoisotopic (exact) mass is 265 g/mol. The molecule has 2 rings (SSSR count). The molecule has 2 aromatic rings. The number of para-hydroxylation sites is 1. The topological polar surface area (TPSA) is 37.8 Å². The summed E-state index contributed by atoms with van der Waals surface area (Å²) >= 11 is 7.40. The summed E-state index contributed by atoms with van der Waals surface area (Å²) in [6.45, 7) is 2.04. The number of benzene rings is 1. The highest BCUT2D eigenvalue weighted by Crippen LogP contribution is 2.22. The van der Waals surface area contributed by atoms with Crippen LogP contribution in [0.4, 0.5) is 11.5 Å². The average molecular weight is 266 g/mol. The van der Waals surface area contributed by atoms with Crippen molar-refractivity contribution in [3.63, 3.8) is 0 Å². The maximum absolute atomic E-state index is 5.93. The molecule has 1 aromatic heterocycles. The van der Waals surface area contributed by atoms with Crippen LogP contribution in [0.2, 0.25) is 5.15 Å². The third-order valence-electron chi connectivity index (χ3n) is 2.26. The second kappa shape index (κ2) is 5.38. The van der Waals surface area contributed by atoms with E-state index in [-0.39, 0.29) is 0 Å². The predicted molar refractivity (Wildman–Crippen MR) is 73.3 cm³/mol. The maximum atomic E-state index is 5.93. The summed E-state index contributed by atoms with van der Waals surface area (Å²) in [5.74, 6) is 0.712. The van der Waals surface area contributed by atoms with Gasteiger partial charge in [0.15, 0.2) is 5.16 Å². The standard InChI is InChI=1S/C12H12ClN3S/c1-8-5-3-4-6-9(8)14-11-7-10(13)15-12(16-11)17-2/h3-7H,1-2H3,(H,14,15,16). The van der Waals surface area contributed by atoms with Crippen LogP contribution in [-0.4, -0.2) is 16.2 Å². The van der Waals surface area contributed by atoms with Gasteiger partial charge in [-0.05, 0) is 24.8 Å². The van der Waals surface area contributed by atoms with Gasteiger partial charge in [0, 0.05) is 11.8 Å². The fourth-order valence-corrected chi connectivity index (χ4v) is 2.02. The molecule has 0 saturated carbocycles. The summed E-state index contributed by atoms with van der Waals surface area (Å²) < 4.78 is 0. The molecule has 5 heteroatoms. The van der Waals surface area contributed by atoms with Crippen LogP contribution >= 0.6 is 23.4 Å². The van der Waals surface area contributed by atoms with E-state index in [2.05, 4.69) is 15.3 Å². The molecule has 0 radical (unpaired) electrons. The molecule has 0 aliphatic rings. The van der Waals surface area contributed by atoms with Crippen LogP contribution in [0.3, 0.4) is 0 Å². The highest BCUT2D eigenvalue weighted by Gasteiger charge is 2.03. The zero-order chi connectivity index (χ0) is 12.3. The Morgan fingerprint density at radius 3 is 2.71 bits per heavy atom. The van der Waals surface area contributed by atoms with Crippen molar-refractivity contribution < 1.29 is 0 Å². The molecule has 0 saturated heterocycles. The second-order valence-electron chi connectivity index (χ2n) is 3.50. The Bertz CT molecular complexity index is 531. The van der Waals surface area contributed by atoms with Crippen molar-refractivity contribution in [3.05, 3.63) is 41.0 Å². The van der Waals surface area contributed by atoms with Crippen molar-refractivity contribution in [2.45, 2.75) is 12.1 Å². The van der Waals surface area contributed by atoms with Gasteiger partial charge < -0.3 is 5.32 Å². The van der Waals surface area contributed by atoms with E-state index in [4.69, 9.17) is 11.6 Å². The Labute approximate surface area is 110 Å². The Morgan fingerprint density at radius 1 is 1.24 bits per heavy atom. The van der Waals surface area contributed by atoms with E-state index in [9.17, 15) is 0 Å². The third kappa shape index (κ3) is 3.11. The van der Waals surface area contributed by atoms with Gasteiger partial charge in [-0.2, -0.15) is 0 Å². The van der Waals surface area contributed by atoms with Crippen molar-refractivity contribution in [1.29, 1.82) is 0 Å². The molecule has 17 heavy (non-hydrogen) atoms. The number of rotatable bonds is 3. The molecule has 0 aliphatic heterocycles. The van der Waals surface area contributed by atoms with Gasteiger partial charge in [0.05, 0.1) is 0 Å². The van der Waals surface area contributed by atoms with Crippen molar-refractivity contribution in [3.8, 4) is 0 Å². The van der Waals surface area contributed by atoms with E-state index in [1.165, 1.54) is 11.8 Å². The normalized spacial score (nSPS) is 10.3. The van der Waals surface area contributed by atoms with Crippen molar-refractivity contribution in [2.75, 3.05) is 11.6 Å². The predicted octanol–water partition coefficient (Wildman–Crippen LogP) is 3.90. The van der Waals surface area contributed by atoms with Crippen LogP contribution in [-0.2, 0) is 0 Å². The van der Waals surface area contributed by atoms with E-state index in [0.29, 0.717) is 16.1 Å². The van der Waals surface area contributed by atoms with Crippen LogP contribution < -0.4 is 5.32 Å². The summed E-state index contributed by atoms with van der Waals surface area (Å²) in [5.41, 5.74) is 2.18. The van der Waals surface area contributed by atoms with Gasteiger partial charge in [0.1, 0.15) is 11.0 Å². The van der Waals surface area contributed by atoms with Gasteiger partial charge in [0.25, 0.3) is 0 Å². The minimum atomic E-state index is 0.445. The summed E-state index contributed by atoms with van der Waals surface area (Å²) in [5, 5.41) is 4.34. The van der Waals surface area contributed by atoms with Gasteiger partial charge >= 0.3 is 0 Å². The van der Waals surface area contributed by atoms with Crippen LogP contribution in [0.15, 0.2) is 35.5 Å².